The third kappa shape index (κ3) is 4.15. The van der Waals surface area contributed by atoms with Gasteiger partial charge < -0.3 is 14.2 Å². The molecule has 0 saturated heterocycles. The molecule has 3 aromatic carbocycles. The Morgan fingerprint density at radius 2 is 1.52 bits per heavy atom. The molecule has 0 heterocycles. The summed E-state index contributed by atoms with van der Waals surface area (Å²) < 4.78 is 108. The second-order valence-corrected chi connectivity index (χ2v) is 5.72. The second kappa shape index (κ2) is 7.69. The lowest BCUT2D eigenvalue weighted by Gasteiger charge is -2.20. The molecule has 0 N–H and O–H groups in total. The van der Waals surface area contributed by atoms with Gasteiger partial charge in [-0.3, -0.25) is 0 Å². The lowest BCUT2D eigenvalue weighted by molar-refractivity contribution is -0.189. The minimum atomic E-state index is -4.41. The maximum Gasteiger partial charge on any atom is 0.432 e. The summed E-state index contributed by atoms with van der Waals surface area (Å²) in [7, 11) is 1.11. The van der Waals surface area contributed by atoms with Gasteiger partial charge in [-0.25, -0.2) is 13.2 Å². The lowest BCUT2D eigenvalue weighted by atomic mass is 10.1. The van der Waals surface area contributed by atoms with Crippen molar-refractivity contribution in [1.82, 2.24) is 0 Å². The number of hydrogen-bond donors (Lipinski definition) is 0. The SMILES string of the molecule is COc1cc(F)c(C(F)(F)Oc2ccc3c(F)c(OC(F)F)ccc3c2)c(F)c1. The molecule has 10 heteroatoms. The van der Waals surface area contributed by atoms with E-state index in [1.807, 2.05) is 0 Å². The molecule has 0 aliphatic heterocycles. The van der Waals surface area contributed by atoms with E-state index < -0.39 is 47.2 Å². The van der Waals surface area contributed by atoms with Gasteiger partial charge in [0.05, 0.1) is 7.11 Å². The van der Waals surface area contributed by atoms with E-state index in [4.69, 9.17) is 0 Å². The molecule has 0 fully saturated rings. The molecule has 154 valence electrons. The Morgan fingerprint density at radius 3 is 2.10 bits per heavy atom. The van der Waals surface area contributed by atoms with E-state index in [1.54, 1.807) is 0 Å². The van der Waals surface area contributed by atoms with Crippen LogP contribution >= 0.6 is 0 Å². The molecule has 3 rings (SSSR count). The van der Waals surface area contributed by atoms with Gasteiger partial charge in [0, 0.05) is 17.5 Å². The standard InChI is InChI=1S/C19H11F7O3/c1-27-11-7-13(20)16(14(21)8-11)19(25,26)29-10-3-4-12-9(6-10)2-5-15(17(12)22)28-18(23)24/h2-8,18H,1H3. The van der Waals surface area contributed by atoms with Gasteiger partial charge in [0.25, 0.3) is 0 Å². The topological polar surface area (TPSA) is 27.7 Å². The summed E-state index contributed by atoms with van der Waals surface area (Å²) in [5, 5.41) is -0.200. The van der Waals surface area contributed by atoms with Crippen LogP contribution in [0.3, 0.4) is 0 Å². The number of methoxy groups -OCH3 is 1. The minimum absolute atomic E-state index is 0.00749. The average molecular weight is 420 g/mol. The van der Waals surface area contributed by atoms with Crippen molar-refractivity contribution < 1.29 is 44.9 Å². The number of fused-ring (bicyclic) bond motifs is 1. The Balaban J connectivity index is 1.95. The fraction of sp³-hybridized carbons (Fsp3) is 0.158. The first kappa shape index (κ1) is 20.6. The molecule has 0 bridgehead atoms. The van der Waals surface area contributed by atoms with Crippen LogP contribution in [0.25, 0.3) is 10.8 Å². The molecule has 0 atom stereocenters. The Hall–Kier alpha value is -3.17. The molecule has 0 saturated carbocycles. The van der Waals surface area contributed by atoms with Crippen molar-refractivity contribution in [2.45, 2.75) is 12.7 Å². The Kier molecular flexibility index (Phi) is 5.45. The smallest absolute Gasteiger partial charge is 0.432 e. The molecule has 0 aliphatic carbocycles. The van der Waals surface area contributed by atoms with Gasteiger partial charge in [0.15, 0.2) is 11.6 Å². The highest BCUT2D eigenvalue weighted by Crippen LogP contribution is 2.38. The number of rotatable bonds is 6. The van der Waals surface area contributed by atoms with E-state index in [1.165, 1.54) is 0 Å². The number of hydrogen-bond acceptors (Lipinski definition) is 3. The molecule has 3 aromatic rings. The van der Waals surface area contributed by atoms with Crippen LogP contribution in [0.15, 0.2) is 42.5 Å². The molecule has 0 amide bonds. The first-order chi connectivity index (χ1) is 13.6. The maximum atomic E-state index is 14.4. The van der Waals surface area contributed by atoms with Gasteiger partial charge in [-0.1, -0.05) is 6.07 Å². The van der Waals surface area contributed by atoms with Gasteiger partial charge in [0.2, 0.25) is 0 Å². The van der Waals surface area contributed by atoms with Gasteiger partial charge in [-0.15, -0.1) is 0 Å². The maximum absolute atomic E-state index is 14.4. The van der Waals surface area contributed by atoms with E-state index in [9.17, 15) is 30.7 Å². The quantitative estimate of drug-likeness (QED) is 0.458. The minimum Gasteiger partial charge on any atom is -0.497 e. The summed E-state index contributed by atoms with van der Waals surface area (Å²) in [5.74, 6) is -5.89. The third-order valence-corrected chi connectivity index (χ3v) is 3.89. The number of benzene rings is 3. The van der Waals surface area contributed by atoms with Crippen LogP contribution in [-0.4, -0.2) is 13.7 Å². The molecule has 0 aliphatic rings. The number of halogens is 7. The number of alkyl halides is 4. The van der Waals surface area contributed by atoms with Gasteiger partial charge in [-0.05, 0) is 29.7 Å². The first-order valence-electron chi connectivity index (χ1n) is 7.90. The third-order valence-electron chi connectivity index (χ3n) is 3.89. The van der Waals surface area contributed by atoms with Crippen molar-refractivity contribution in [3.05, 3.63) is 65.5 Å². The van der Waals surface area contributed by atoms with Crippen LogP contribution in [0, 0.1) is 17.5 Å². The zero-order chi connectivity index (χ0) is 21.3. The normalized spacial score (nSPS) is 11.8. The average Bonchev–Trinajstić information content (AvgIpc) is 2.62. The molecular formula is C19H11F7O3. The van der Waals surface area contributed by atoms with Crippen molar-refractivity contribution in [1.29, 1.82) is 0 Å². The summed E-state index contributed by atoms with van der Waals surface area (Å²) in [4.78, 5) is 0. The fourth-order valence-electron chi connectivity index (χ4n) is 2.65. The lowest BCUT2D eigenvalue weighted by Crippen LogP contribution is -2.25. The molecule has 29 heavy (non-hydrogen) atoms. The van der Waals surface area contributed by atoms with Crippen LogP contribution in [0.5, 0.6) is 17.2 Å². The highest BCUT2D eigenvalue weighted by atomic mass is 19.3. The summed E-state index contributed by atoms with van der Waals surface area (Å²) in [5.41, 5.74) is -1.63. The van der Waals surface area contributed by atoms with Gasteiger partial charge >= 0.3 is 12.7 Å². The molecule has 3 nitrogen and oxygen atoms in total. The van der Waals surface area contributed by atoms with E-state index in [2.05, 4.69) is 14.2 Å². The zero-order valence-electron chi connectivity index (χ0n) is 14.5. The summed E-state index contributed by atoms with van der Waals surface area (Å²) in [6.45, 7) is -3.25. The predicted molar refractivity (Wildman–Crippen MR) is 88.0 cm³/mol. The molecule has 0 aromatic heterocycles. The van der Waals surface area contributed by atoms with Crippen LogP contribution in [0.2, 0.25) is 0 Å². The van der Waals surface area contributed by atoms with Crippen LogP contribution in [0.4, 0.5) is 30.7 Å². The van der Waals surface area contributed by atoms with Crippen molar-refractivity contribution in [2.75, 3.05) is 7.11 Å². The largest absolute Gasteiger partial charge is 0.497 e. The van der Waals surface area contributed by atoms with Crippen molar-refractivity contribution in [2.24, 2.45) is 0 Å². The molecular weight excluding hydrogens is 409 g/mol. The summed E-state index contributed by atoms with van der Waals surface area (Å²) in [6, 6.07) is 5.98. The highest BCUT2D eigenvalue weighted by Gasteiger charge is 2.41. The van der Waals surface area contributed by atoms with E-state index in [0.29, 0.717) is 12.1 Å². The molecule has 0 radical (unpaired) electrons. The van der Waals surface area contributed by atoms with Crippen LogP contribution in [0.1, 0.15) is 5.56 Å². The predicted octanol–water partition coefficient (Wildman–Crippen LogP) is 6.00. The monoisotopic (exact) mass is 420 g/mol. The highest BCUT2D eigenvalue weighted by molar-refractivity contribution is 5.86. The second-order valence-electron chi connectivity index (χ2n) is 5.72. The Labute approximate surface area is 159 Å². The van der Waals surface area contributed by atoms with E-state index in [-0.39, 0.29) is 16.5 Å². The molecule has 0 unspecified atom stereocenters. The Bertz CT molecular complexity index is 1030. The van der Waals surface area contributed by atoms with Crippen molar-refractivity contribution in [3.63, 3.8) is 0 Å². The van der Waals surface area contributed by atoms with Crippen LogP contribution < -0.4 is 14.2 Å². The fourth-order valence-corrected chi connectivity index (χ4v) is 2.65. The van der Waals surface area contributed by atoms with Crippen molar-refractivity contribution in [3.8, 4) is 17.2 Å². The van der Waals surface area contributed by atoms with Gasteiger partial charge in [0.1, 0.15) is 28.7 Å². The van der Waals surface area contributed by atoms with E-state index in [0.717, 1.165) is 37.4 Å². The summed E-state index contributed by atoms with van der Waals surface area (Å²) in [6.07, 6.45) is -4.41. The van der Waals surface area contributed by atoms with Gasteiger partial charge in [-0.2, -0.15) is 17.6 Å². The number of ether oxygens (including phenoxy) is 3. The van der Waals surface area contributed by atoms with E-state index >= 15 is 0 Å². The van der Waals surface area contributed by atoms with Crippen LogP contribution in [-0.2, 0) is 6.11 Å². The van der Waals surface area contributed by atoms with Crippen molar-refractivity contribution >= 4 is 10.8 Å². The Morgan fingerprint density at radius 1 is 0.862 bits per heavy atom. The summed E-state index contributed by atoms with van der Waals surface area (Å²) >= 11 is 0. The first-order valence-corrected chi connectivity index (χ1v) is 7.90. The molecule has 0 spiro atoms. The zero-order valence-corrected chi connectivity index (χ0v) is 14.5.